The van der Waals surface area contributed by atoms with Crippen LogP contribution in [0.3, 0.4) is 0 Å². The Morgan fingerprint density at radius 2 is 1.68 bits per heavy atom. The van der Waals surface area contributed by atoms with Gasteiger partial charge < -0.3 is 15.5 Å². The van der Waals surface area contributed by atoms with Crippen LogP contribution in [0.25, 0.3) is 5.57 Å². The molecule has 2 aromatic rings. The van der Waals surface area contributed by atoms with Gasteiger partial charge in [0.1, 0.15) is 5.82 Å². The maximum Gasteiger partial charge on any atom is 0.416 e. The number of nitrogens with zero attached hydrogens (tertiary/aromatic N) is 3. The number of carbonyl (C=O) groups excluding carboxylic acids is 1. The third-order valence-corrected chi connectivity index (χ3v) is 7.30. The number of rotatable bonds is 9. The predicted molar refractivity (Wildman–Crippen MR) is 144 cm³/mol. The van der Waals surface area contributed by atoms with Crippen LogP contribution in [-0.2, 0) is 6.18 Å². The van der Waals surface area contributed by atoms with E-state index in [9.17, 15) is 18.0 Å². The smallest absolute Gasteiger partial charge is 0.368 e. The summed E-state index contributed by atoms with van der Waals surface area (Å²) in [5.41, 5.74) is 2.31. The molecule has 1 aromatic carbocycles. The van der Waals surface area contributed by atoms with Crippen molar-refractivity contribution < 1.29 is 18.0 Å². The first-order valence-electron chi connectivity index (χ1n) is 12.6. The Balaban J connectivity index is 1.78. The largest absolute Gasteiger partial charge is 0.416 e. The highest BCUT2D eigenvalue weighted by Gasteiger charge is 2.30. The number of hydrogen-bond donors (Lipinski definition) is 2. The van der Waals surface area contributed by atoms with Crippen LogP contribution in [-0.4, -0.2) is 66.5 Å². The third kappa shape index (κ3) is 7.46. The van der Waals surface area contributed by atoms with Crippen molar-refractivity contribution in [3.8, 4) is 0 Å². The van der Waals surface area contributed by atoms with E-state index in [1.54, 1.807) is 0 Å². The molecule has 0 atom stereocenters. The molecule has 0 radical (unpaired) electrons. The zero-order chi connectivity index (χ0) is 27.2. The minimum atomic E-state index is -4.45. The summed E-state index contributed by atoms with van der Waals surface area (Å²) in [6.07, 6.45) is -2.23. The molecule has 10 heteroatoms. The van der Waals surface area contributed by atoms with Crippen molar-refractivity contribution in [2.24, 2.45) is 0 Å². The van der Waals surface area contributed by atoms with Gasteiger partial charge in [-0.05, 0) is 56.7 Å². The highest BCUT2D eigenvalue weighted by atomic mass is 35.5. The number of nitrogens with one attached hydrogen (secondary N) is 2. The van der Waals surface area contributed by atoms with Crippen LogP contribution in [0.1, 0.15) is 55.6 Å². The first-order chi connectivity index (χ1) is 17.5. The number of benzene rings is 1. The van der Waals surface area contributed by atoms with E-state index in [-0.39, 0.29) is 16.3 Å². The number of amides is 1. The highest BCUT2D eigenvalue weighted by molar-refractivity contribution is 6.36. The van der Waals surface area contributed by atoms with Crippen LogP contribution in [0.15, 0.2) is 36.0 Å². The standard InChI is InChI=1S/C27H35ClF3N5O/c1-5-18(3)19(4)23-24(28)22(26(37)34-21-9-7-20(8-10-21)27(29,30)31)17-33-25(23)32-11-12-36-15-13-35(6-2)14-16-36/h7-10,17H,5-6,11-16H2,1-4H3,(H,32,33)(H,34,37). The van der Waals surface area contributed by atoms with Gasteiger partial charge in [-0.3, -0.25) is 9.69 Å². The van der Waals surface area contributed by atoms with Crippen molar-refractivity contribution in [1.82, 2.24) is 14.8 Å². The average molecular weight is 538 g/mol. The lowest BCUT2D eigenvalue weighted by Crippen LogP contribution is -2.47. The van der Waals surface area contributed by atoms with Gasteiger partial charge in [0.15, 0.2) is 0 Å². The lowest BCUT2D eigenvalue weighted by Gasteiger charge is -2.34. The molecule has 1 fully saturated rings. The molecule has 1 aliphatic rings. The van der Waals surface area contributed by atoms with E-state index in [0.717, 1.165) is 69.0 Å². The second-order valence-electron chi connectivity index (χ2n) is 9.20. The lowest BCUT2D eigenvalue weighted by molar-refractivity contribution is -0.137. The number of piperazine rings is 1. The quantitative estimate of drug-likeness (QED) is 0.395. The van der Waals surface area contributed by atoms with Crippen molar-refractivity contribution in [2.45, 2.75) is 40.3 Å². The molecule has 6 nitrogen and oxygen atoms in total. The fraction of sp³-hybridized carbons (Fsp3) is 0.481. The molecule has 2 N–H and O–H groups in total. The Labute approximate surface area is 221 Å². The van der Waals surface area contributed by atoms with E-state index in [2.05, 4.69) is 32.3 Å². The van der Waals surface area contributed by atoms with Gasteiger partial charge in [0.25, 0.3) is 5.91 Å². The second kappa shape index (κ2) is 12.8. The molecule has 3 rings (SSSR count). The second-order valence-corrected chi connectivity index (χ2v) is 9.58. The van der Waals surface area contributed by atoms with Gasteiger partial charge in [0.05, 0.1) is 16.1 Å². The molecule has 1 amide bonds. The molecule has 2 heterocycles. The molecule has 1 saturated heterocycles. The molecule has 1 aliphatic heterocycles. The summed E-state index contributed by atoms with van der Waals surface area (Å²) in [5.74, 6) is 0.0642. The lowest BCUT2D eigenvalue weighted by atomic mass is 9.99. The normalized spacial score (nSPS) is 15.9. The van der Waals surface area contributed by atoms with Crippen LogP contribution in [0.4, 0.5) is 24.7 Å². The minimum Gasteiger partial charge on any atom is -0.368 e. The fourth-order valence-electron chi connectivity index (χ4n) is 4.20. The SMILES string of the molecule is CCC(C)=C(C)c1c(NCCN2CCN(CC)CC2)ncc(C(=O)Nc2ccc(C(F)(F)F)cc2)c1Cl. The first-order valence-corrected chi connectivity index (χ1v) is 12.9. The van der Waals surface area contributed by atoms with Gasteiger partial charge in [-0.25, -0.2) is 4.98 Å². The summed E-state index contributed by atoms with van der Waals surface area (Å²) >= 11 is 6.78. The molecule has 0 bridgehead atoms. The van der Waals surface area contributed by atoms with Gasteiger partial charge in [-0.2, -0.15) is 13.2 Å². The van der Waals surface area contributed by atoms with E-state index >= 15 is 0 Å². The van der Waals surface area contributed by atoms with Crippen LogP contribution in [0.2, 0.25) is 5.02 Å². The zero-order valence-corrected chi connectivity index (χ0v) is 22.6. The van der Waals surface area contributed by atoms with Crippen molar-refractivity contribution in [2.75, 3.05) is 56.4 Å². The number of alkyl halides is 3. The van der Waals surface area contributed by atoms with Gasteiger partial charge in [-0.1, -0.05) is 31.0 Å². The molecule has 0 aliphatic carbocycles. The maximum atomic E-state index is 13.0. The van der Waals surface area contributed by atoms with Gasteiger partial charge in [0, 0.05) is 56.7 Å². The Morgan fingerprint density at radius 1 is 1.05 bits per heavy atom. The summed E-state index contributed by atoms with van der Waals surface area (Å²) in [5, 5.41) is 6.28. The van der Waals surface area contributed by atoms with Crippen LogP contribution < -0.4 is 10.6 Å². The Kier molecular flexibility index (Phi) is 9.98. The fourth-order valence-corrected chi connectivity index (χ4v) is 4.57. The van der Waals surface area contributed by atoms with E-state index in [0.29, 0.717) is 17.9 Å². The molecular formula is C27H35ClF3N5O. The van der Waals surface area contributed by atoms with Crippen LogP contribution in [0, 0.1) is 0 Å². The average Bonchev–Trinajstić information content (AvgIpc) is 2.88. The number of halogens is 4. The summed E-state index contributed by atoms with van der Waals surface area (Å²) < 4.78 is 38.5. The Bertz CT molecular complexity index is 1110. The van der Waals surface area contributed by atoms with Crippen molar-refractivity contribution in [3.05, 3.63) is 57.7 Å². The summed E-state index contributed by atoms with van der Waals surface area (Å²) in [4.78, 5) is 22.4. The molecular weight excluding hydrogens is 503 g/mol. The zero-order valence-electron chi connectivity index (χ0n) is 21.8. The molecule has 0 saturated carbocycles. The number of allylic oxidation sites excluding steroid dienone is 2. The summed E-state index contributed by atoms with van der Waals surface area (Å²) in [6.45, 7) is 15.0. The number of likely N-dealkylation sites (N-methyl/N-ethyl adjacent to an activating group) is 1. The minimum absolute atomic E-state index is 0.154. The molecule has 1 aromatic heterocycles. The van der Waals surface area contributed by atoms with Crippen LogP contribution >= 0.6 is 11.6 Å². The number of pyridine rings is 1. The topological polar surface area (TPSA) is 60.5 Å². The number of hydrogen-bond acceptors (Lipinski definition) is 5. The Morgan fingerprint density at radius 3 is 2.24 bits per heavy atom. The van der Waals surface area contributed by atoms with Crippen molar-refractivity contribution in [1.29, 1.82) is 0 Å². The van der Waals surface area contributed by atoms with Gasteiger partial charge in [0.2, 0.25) is 0 Å². The monoisotopic (exact) mass is 537 g/mol. The van der Waals surface area contributed by atoms with E-state index in [1.165, 1.54) is 18.3 Å². The van der Waals surface area contributed by atoms with E-state index in [1.807, 2.05) is 20.8 Å². The molecule has 37 heavy (non-hydrogen) atoms. The number of carbonyl (C=O) groups is 1. The molecule has 0 spiro atoms. The Hall–Kier alpha value is -2.62. The van der Waals surface area contributed by atoms with Gasteiger partial charge >= 0.3 is 6.18 Å². The summed E-state index contributed by atoms with van der Waals surface area (Å²) in [7, 11) is 0. The first kappa shape index (κ1) is 28.9. The van der Waals surface area contributed by atoms with Gasteiger partial charge in [-0.15, -0.1) is 0 Å². The van der Waals surface area contributed by atoms with Crippen molar-refractivity contribution >= 4 is 34.6 Å². The van der Waals surface area contributed by atoms with Crippen molar-refractivity contribution in [3.63, 3.8) is 0 Å². The third-order valence-electron chi connectivity index (χ3n) is 6.91. The molecule has 202 valence electrons. The highest BCUT2D eigenvalue weighted by Crippen LogP contribution is 2.35. The molecule has 0 unspecified atom stereocenters. The summed E-state index contributed by atoms with van der Waals surface area (Å²) in [6, 6.07) is 4.28. The number of anilines is 2. The predicted octanol–water partition coefficient (Wildman–Crippen LogP) is 6.26. The number of aromatic nitrogens is 1. The van der Waals surface area contributed by atoms with E-state index < -0.39 is 17.6 Å². The maximum absolute atomic E-state index is 13.0. The van der Waals surface area contributed by atoms with E-state index in [4.69, 9.17) is 11.6 Å². The van der Waals surface area contributed by atoms with Crippen LogP contribution in [0.5, 0.6) is 0 Å².